The van der Waals surface area contributed by atoms with Crippen molar-refractivity contribution in [2.75, 3.05) is 6.54 Å². The SMILES string of the molecule is Cc1cc(F)ccc1S(=O)(=O)NCC1(c2cn(C)c3ccccc23)CC1. The molecule has 0 spiro atoms. The Labute approximate surface area is 152 Å². The van der Waals surface area contributed by atoms with E-state index >= 15 is 0 Å². The van der Waals surface area contributed by atoms with Crippen LogP contribution in [0.25, 0.3) is 10.9 Å². The highest BCUT2D eigenvalue weighted by Gasteiger charge is 2.46. The number of nitrogens with zero attached hydrogens (tertiary/aromatic N) is 1. The van der Waals surface area contributed by atoms with Crippen LogP contribution >= 0.6 is 0 Å². The normalized spacial score (nSPS) is 16.1. The maximum Gasteiger partial charge on any atom is 0.240 e. The topological polar surface area (TPSA) is 51.1 Å². The summed E-state index contributed by atoms with van der Waals surface area (Å²) in [4.78, 5) is 0.132. The molecule has 1 saturated carbocycles. The van der Waals surface area contributed by atoms with Gasteiger partial charge in [0.25, 0.3) is 0 Å². The van der Waals surface area contributed by atoms with E-state index in [1.54, 1.807) is 6.92 Å². The number of para-hydroxylation sites is 1. The smallest absolute Gasteiger partial charge is 0.240 e. The summed E-state index contributed by atoms with van der Waals surface area (Å²) in [7, 11) is -1.67. The maximum atomic E-state index is 13.3. The van der Waals surface area contributed by atoms with Crippen LogP contribution < -0.4 is 4.72 Å². The van der Waals surface area contributed by atoms with Crippen molar-refractivity contribution < 1.29 is 12.8 Å². The monoisotopic (exact) mass is 372 g/mol. The summed E-state index contributed by atoms with van der Waals surface area (Å²) in [5.74, 6) is -0.434. The van der Waals surface area contributed by atoms with E-state index < -0.39 is 15.8 Å². The Morgan fingerprint density at radius 3 is 2.62 bits per heavy atom. The van der Waals surface area contributed by atoms with Gasteiger partial charge in [-0.2, -0.15) is 0 Å². The van der Waals surface area contributed by atoms with E-state index in [0.29, 0.717) is 12.1 Å². The highest BCUT2D eigenvalue weighted by Crippen LogP contribution is 2.50. The van der Waals surface area contributed by atoms with Crippen molar-refractivity contribution in [3.05, 3.63) is 65.6 Å². The third-order valence-electron chi connectivity index (χ3n) is 5.35. The fourth-order valence-corrected chi connectivity index (χ4v) is 5.03. The number of rotatable bonds is 5. The quantitative estimate of drug-likeness (QED) is 0.743. The summed E-state index contributed by atoms with van der Waals surface area (Å²) in [5, 5.41) is 1.17. The van der Waals surface area contributed by atoms with E-state index in [2.05, 4.69) is 27.6 Å². The van der Waals surface area contributed by atoms with Crippen molar-refractivity contribution in [2.24, 2.45) is 7.05 Å². The number of sulfonamides is 1. The summed E-state index contributed by atoms with van der Waals surface area (Å²) in [6.07, 6.45) is 4.01. The summed E-state index contributed by atoms with van der Waals surface area (Å²) in [6.45, 7) is 1.95. The van der Waals surface area contributed by atoms with E-state index in [1.165, 1.54) is 29.1 Å². The van der Waals surface area contributed by atoms with Crippen LogP contribution in [0.5, 0.6) is 0 Å². The van der Waals surface area contributed by atoms with Crippen LogP contribution in [0.3, 0.4) is 0 Å². The van der Waals surface area contributed by atoms with Crippen molar-refractivity contribution in [2.45, 2.75) is 30.1 Å². The molecular weight excluding hydrogens is 351 g/mol. The standard InChI is InChI=1S/C20H21FN2O2S/c1-14-11-15(21)7-8-19(14)26(24,25)22-13-20(9-10-20)17-12-23(2)18-6-4-3-5-16(17)18/h3-8,11-12,22H,9-10,13H2,1-2H3. The number of halogens is 1. The van der Waals surface area contributed by atoms with Crippen molar-refractivity contribution in [1.82, 2.24) is 9.29 Å². The second-order valence-corrected chi connectivity index (χ2v) is 8.92. The highest BCUT2D eigenvalue weighted by atomic mass is 32.2. The molecule has 1 aliphatic rings. The molecule has 0 atom stereocenters. The van der Waals surface area contributed by atoms with Gasteiger partial charge in [0.2, 0.25) is 10.0 Å². The largest absolute Gasteiger partial charge is 0.350 e. The Hall–Kier alpha value is -2.18. The minimum atomic E-state index is -3.68. The molecule has 1 heterocycles. The third kappa shape index (κ3) is 2.83. The zero-order valence-corrected chi connectivity index (χ0v) is 15.6. The first-order chi connectivity index (χ1) is 12.3. The number of aromatic nitrogens is 1. The van der Waals surface area contributed by atoms with Gasteiger partial charge >= 0.3 is 0 Å². The summed E-state index contributed by atoms with van der Waals surface area (Å²) in [5.41, 5.74) is 2.58. The number of hydrogen-bond donors (Lipinski definition) is 1. The van der Waals surface area contributed by atoms with Gasteiger partial charge in [-0.1, -0.05) is 18.2 Å². The maximum absolute atomic E-state index is 13.3. The number of aryl methyl sites for hydroxylation is 2. The van der Waals surface area contributed by atoms with Crippen LogP contribution in [0.15, 0.2) is 53.6 Å². The molecule has 1 N–H and O–H groups in total. The fourth-order valence-electron chi connectivity index (χ4n) is 3.68. The minimum absolute atomic E-state index is 0.132. The Kier molecular flexibility index (Phi) is 3.93. The highest BCUT2D eigenvalue weighted by molar-refractivity contribution is 7.89. The molecule has 4 rings (SSSR count). The van der Waals surface area contributed by atoms with E-state index in [-0.39, 0.29) is 10.3 Å². The second-order valence-electron chi connectivity index (χ2n) is 7.19. The zero-order valence-electron chi connectivity index (χ0n) is 14.8. The van der Waals surface area contributed by atoms with Gasteiger partial charge in [-0.15, -0.1) is 0 Å². The van der Waals surface area contributed by atoms with Crippen LogP contribution in [-0.4, -0.2) is 19.5 Å². The molecule has 1 fully saturated rings. The number of nitrogens with one attached hydrogen (secondary N) is 1. The molecule has 26 heavy (non-hydrogen) atoms. The molecule has 0 saturated heterocycles. The Morgan fingerprint density at radius 2 is 1.92 bits per heavy atom. The molecule has 3 aromatic rings. The molecular formula is C20H21FN2O2S. The zero-order chi connectivity index (χ0) is 18.5. The number of hydrogen-bond acceptors (Lipinski definition) is 2. The Balaban J connectivity index is 1.63. The summed E-state index contributed by atoms with van der Waals surface area (Å²) in [6, 6.07) is 11.9. The van der Waals surface area contributed by atoms with Gasteiger partial charge in [0, 0.05) is 36.1 Å². The van der Waals surface area contributed by atoms with Gasteiger partial charge < -0.3 is 4.57 Å². The molecule has 0 amide bonds. The van der Waals surface area contributed by atoms with Gasteiger partial charge in [-0.3, -0.25) is 0 Å². The lowest BCUT2D eigenvalue weighted by Gasteiger charge is -2.17. The van der Waals surface area contributed by atoms with Gasteiger partial charge in [-0.25, -0.2) is 17.5 Å². The van der Waals surface area contributed by atoms with Crippen molar-refractivity contribution in [3.8, 4) is 0 Å². The summed E-state index contributed by atoms with van der Waals surface area (Å²) < 4.78 is 43.5. The first-order valence-corrected chi connectivity index (χ1v) is 10.1. The second kappa shape index (κ2) is 5.93. The van der Waals surface area contributed by atoms with E-state index in [0.717, 1.165) is 18.4 Å². The summed E-state index contributed by atoms with van der Waals surface area (Å²) >= 11 is 0. The number of fused-ring (bicyclic) bond motifs is 1. The van der Waals surface area contributed by atoms with Crippen LogP contribution in [0.4, 0.5) is 4.39 Å². The molecule has 136 valence electrons. The predicted molar refractivity (Wildman–Crippen MR) is 100 cm³/mol. The fraction of sp³-hybridized carbons (Fsp3) is 0.300. The van der Waals surface area contributed by atoms with Crippen LogP contribution in [0.2, 0.25) is 0 Å². The van der Waals surface area contributed by atoms with Gasteiger partial charge in [-0.05, 0) is 55.2 Å². The lowest BCUT2D eigenvalue weighted by molar-refractivity contribution is 0.566. The van der Waals surface area contributed by atoms with Crippen molar-refractivity contribution in [1.29, 1.82) is 0 Å². The minimum Gasteiger partial charge on any atom is -0.350 e. The predicted octanol–water partition coefficient (Wildman–Crippen LogP) is 3.64. The first kappa shape index (κ1) is 17.2. The third-order valence-corrected chi connectivity index (χ3v) is 6.91. The van der Waals surface area contributed by atoms with Gasteiger partial charge in [0.05, 0.1) is 4.90 Å². The van der Waals surface area contributed by atoms with E-state index in [1.807, 2.05) is 19.2 Å². The van der Waals surface area contributed by atoms with E-state index in [9.17, 15) is 12.8 Å². The molecule has 0 aliphatic heterocycles. The average Bonchev–Trinajstić information content (AvgIpc) is 3.31. The van der Waals surface area contributed by atoms with Crippen LogP contribution in [0.1, 0.15) is 24.0 Å². The van der Waals surface area contributed by atoms with Crippen LogP contribution in [-0.2, 0) is 22.5 Å². The molecule has 1 aliphatic carbocycles. The molecule has 0 bridgehead atoms. The Morgan fingerprint density at radius 1 is 1.19 bits per heavy atom. The lowest BCUT2D eigenvalue weighted by Crippen LogP contribution is -2.32. The number of benzene rings is 2. The molecule has 0 radical (unpaired) electrons. The molecule has 0 unspecified atom stereocenters. The van der Waals surface area contributed by atoms with Crippen molar-refractivity contribution >= 4 is 20.9 Å². The Bertz CT molecular complexity index is 1100. The van der Waals surface area contributed by atoms with Gasteiger partial charge in [0.15, 0.2) is 0 Å². The lowest BCUT2D eigenvalue weighted by atomic mass is 9.96. The molecule has 1 aromatic heterocycles. The first-order valence-electron chi connectivity index (χ1n) is 8.63. The molecule has 4 nitrogen and oxygen atoms in total. The van der Waals surface area contributed by atoms with Crippen molar-refractivity contribution in [3.63, 3.8) is 0 Å². The van der Waals surface area contributed by atoms with Gasteiger partial charge in [0.1, 0.15) is 5.82 Å². The molecule has 2 aromatic carbocycles. The molecule has 6 heteroatoms. The van der Waals surface area contributed by atoms with Crippen LogP contribution in [0, 0.1) is 12.7 Å². The average molecular weight is 372 g/mol. The van der Waals surface area contributed by atoms with E-state index in [4.69, 9.17) is 0 Å².